The number of benzene rings is 8. The number of primary sulfonamides is 2. The van der Waals surface area contributed by atoms with Crippen LogP contribution in [-0.2, 0) is 79.2 Å². The van der Waals surface area contributed by atoms with Crippen LogP contribution in [0.3, 0.4) is 0 Å². The molecule has 0 aromatic heterocycles. The second-order valence-corrected chi connectivity index (χ2v) is 47.7. The summed E-state index contributed by atoms with van der Waals surface area (Å²) in [5.41, 5.74) is 4.50. The number of nitrogens with one attached hydrogen (secondary N) is 5. The molecule has 0 aliphatic carbocycles. The van der Waals surface area contributed by atoms with Gasteiger partial charge in [0.15, 0.2) is 0 Å². The molecule has 0 bridgehead atoms. The van der Waals surface area contributed by atoms with E-state index in [1.807, 2.05) is 163 Å². The van der Waals surface area contributed by atoms with Gasteiger partial charge >= 0.3 is 0 Å². The molecule has 0 atom stereocenters. The first-order valence-corrected chi connectivity index (χ1v) is 46.9. The monoisotopic (exact) mass is 1650 g/mol. The molecule has 0 saturated heterocycles. The molecular weight excluding hydrogens is 1560 g/mol. The Morgan fingerprint density at radius 3 is 0.721 bits per heavy atom. The van der Waals surface area contributed by atoms with Crippen LogP contribution in [-0.4, -0.2) is 140 Å². The zero-order chi connectivity index (χ0) is 78.2. The lowest BCUT2D eigenvalue weighted by Crippen LogP contribution is -2.74. The van der Waals surface area contributed by atoms with Crippen LogP contribution >= 0.6 is 10.7 Å². The van der Waals surface area contributed by atoms with E-state index in [4.69, 9.17) is 39.9 Å². The van der Waals surface area contributed by atoms with Crippen molar-refractivity contribution in [2.24, 2.45) is 16.0 Å². The lowest BCUT2D eigenvalue weighted by Gasteiger charge is -2.43. The summed E-state index contributed by atoms with van der Waals surface area (Å²) in [6, 6.07) is 52.1. The molecule has 8 rings (SSSR count). The summed E-state index contributed by atoms with van der Waals surface area (Å²) in [7, 11) is -22.0. The van der Waals surface area contributed by atoms with E-state index in [0.717, 1.165) is 69.3 Å². The Labute approximate surface area is 619 Å². The maximum atomic E-state index is 13.9. The highest BCUT2D eigenvalue weighted by Gasteiger charge is 2.53. The Bertz CT molecular complexity index is 5020. The van der Waals surface area contributed by atoms with Gasteiger partial charge in [-0.3, -0.25) is 0 Å². The molecule has 11 N–H and O–H groups in total. The summed E-state index contributed by atoms with van der Waals surface area (Å²) < 4.78 is 227. The van der Waals surface area contributed by atoms with Crippen molar-refractivity contribution < 1.29 is 86.3 Å². The van der Waals surface area contributed by atoms with E-state index in [1.165, 1.54) is 80.9 Å². The molecule has 0 spiro atoms. The zero-order valence-corrected chi connectivity index (χ0v) is 67.8. The van der Waals surface area contributed by atoms with E-state index in [2.05, 4.69) is 28.7 Å². The smallest absolute Gasteiger partial charge is 0.261 e. The van der Waals surface area contributed by atoms with Crippen LogP contribution in [0.4, 0.5) is 0 Å². The van der Waals surface area contributed by atoms with E-state index < -0.39 is 106 Å². The van der Waals surface area contributed by atoms with Crippen LogP contribution in [0.5, 0.6) is 23.0 Å². The molecule has 0 amide bonds. The number of methoxy groups -OCH3 is 4. The summed E-state index contributed by atoms with van der Waals surface area (Å²) in [4.78, 5) is -1.37. The van der Waals surface area contributed by atoms with Crippen molar-refractivity contribution in [3.8, 4) is 23.0 Å². The second-order valence-electron chi connectivity index (χ2n) is 23.6. The van der Waals surface area contributed by atoms with Crippen LogP contribution in [0.2, 0.25) is 10.1 Å². The average Bonchev–Trinajstić information content (AvgIpc) is 0.736. The molecule has 0 radical (unpaired) electrons. The zero-order valence-electron chi connectivity index (χ0n) is 58.5. The third-order valence-electron chi connectivity index (χ3n) is 15.4. The Morgan fingerprint density at radius 2 is 0.529 bits per heavy atom. The van der Waals surface area contributed by atoms with Crippen molar-refractivity contribution in [2.75, 3.05) is 56.6 Å². The summed E-state index contributed by atoms with van der Waals surface area (Å²) in [5, 5.41) is 12.6. The van der Waals surface area contributed by atoms with Crippen LogP contribution in [0, 0.1) is 0 Å². The second kappa shape index (κ2) is 36.5. The molecule has 8 aromatic rings. The number of rotatable bonds is 23. The van der Waals surface area contributed by atoms with Crippen molar-refractivity contribution in [3.63, 3.8) is 0 Å². The highest BCUT2D eigenvalue weighted by molar-refractivity contribution is 8.13. The summed E-state index contributed by atoms with van der Waals surface area (Å²) in [6.07, 6.45) is 0. The van der Waals surface area contributed by atoms with Crippen LogP contribution < -0.4 is 78.6 Å². The van der Waals surface area contributed by atoms with Crippen molar-refractivity contribution >= 4 is 127 Å². The predicted octanol–water partition coefficient (Wildman–Crippen LogP) is 4.62. The fraction of sp³-hybridized carbons (Fsp3) is 0.262. The number of nitrogens with two attached hydrogens (primary N) is 3. The van der Waals surface area contributed by atoms with Gasteiger partial charge in [-0.25, -0.2) is 101 Å². The third-order valence-corrected chi connectivity index (χ3v) is 38.6. The van der Waals surface area contributed by atoms with Gasteiger partial charge in [-0.2, -0.15) is 0 Å². The van der Waals surface area contributed by atoms with E-state index in [0.29, 0.717) is 0 Å². The lowest BCUT2D eigenvalue weighted by molar-refractivity contribution is 0.401. The molecule has 0 unspecified atom stereocenters. The molecule has 0 fully saturated rings. The fourth-order valence-corrected chi connectivity index (χ4v) is 31.4. The minimum atomic E-state index is -4.15. The van der Waals surface area contributed by atoms with Gasteiger partial charge in [0.25, 0.3) is 9.05 Å². The number of hydrogen-bond donors (Lipinski definition) is 8. The Kier molecular flexibility index (Phi) is 32.0. The normalized spacial score (nSPS) is 12.5. The molecule has 0 aliphatic rings. The van der Waals surface area contributed by atoms with Gasteiger partial charge in [0, 0.05) is 34.9 Å². The van der Waals surface area contributed by atoms with Crippen molar-refractivity contribution in [1.82, 2.24) is 22.9 Å². The average molecular weight is 1650 g/mol. The van der Waals surface area contributed by atoms with Gasteiger partial charge in [0.1, 0.15) is 42.6 Å². The maximum absolute atomic E-state index is 13.9. The first-order valence-electron chi connectivity index (χ1n) is 30.1. The molecule has 0 saturated carbocycles. The third kappa shape index (κ3) is 21.8. The van der Waals surface area contributed by atoms with Crippen LogP contribution in [0.15, 0.2) is 233 Å². The molecule has 39 heteroatoms. The molecular formula is C65H89ClN8O20S8Si2. The Hall–Kier alpha value is -7.04. The minimum absolute atomic E-state index is 0. The summed E-state index contributed by atoms with van der Waals surface area (Å²) >= 11 is 0. The predicted molar refractivity (Wildman–Crippen MR) is 409 cm³/mol. The minimum Gasteiger partial charge on any atom is -0.495 e. The van der Waals surface area contributed by atoms with Gasteiger partial charge in [-0.15, -0.1) is 0 Å². The Balaban J connectivity index is 0.000000373. The number of hydrogen-bond acceptors (Lipinski definition) is 21. The van der Waals surface area contributed by atoms with E-state index in [9.17, 15) is 67.3 Å². The first kappa shape index (κ1) is 91.2. The summed E-state index contributed by atoms with van der Waals surface area (Å²) in [6.45, 7) is 12.1. The molecule has 0 aliphatic heterocycles. The van der Waals surface area contributed by atoms with E-state index in [1.54, 1.807) is 0 Å². The van der Waals surface area contributed by atoms with Crippen LogP contribution in [0.25, 0.3) is 0 Å². The van der Waals surface area contributed by atoms with Crippen molar-refractivity contribution in [1.29, 1.82) is 0 Å². The SMILES string of the molecule is C.CN.CNS(=O)(=O)c1ccc(S(=O)(=O)N[Si](c2ccccc2)(c2ccccc2)C(C)(C)C)c(OC)c1.CNS(=O)(=O)c1ccc(S(N)(=O)=O)c(OC)c1.CNS(=O)(=O)c1ccc(S(N)(=O)=O)c(OC)c1.COc1cc(S(=O)(=O)Cl)ccc1S(=O)(=O)N[Si](c1ccccc1)(c1ccccc1)C(C)(C)C. The molecule has 0 heterocycles. The van der Waals surface area contributed by atoms with Gasteiger partial charge in [-0.1, -0.05) is 170 Å². The number of halogens is 1. The lowest BCUT2D eigenvalue weighted by atomic mass is 10.2. The topological polar surface area (TPSA) is 448 Å². The Morgan fingerprint density at radius 1 is 0.327 bits per heavy atom. The first-order chi connectivity index (χ1) is 47.7. The highest BCUT2D eigenvalue weighted by atomic mass is 35.7. The van der Waals surface area contributed by atoms with Gasteiger partial charge < -0.3 is 24.7 Å². The highest BCUT2D eigenvalue weighted by Crippen LogP contribution is 2.39. The van der Waals surface area contributed by atoms with Gasteiger partial charge in [0.05, 0.1) is 48.0 Å². The quantitative estimate of drug-likeness (QED) is 0.0320. The molecule has 572 valence electrons. The van der Waals surface area contributed by atoms with E-state index >= 15 is 0 Å². The maximum Gasteiger partial charge on any atom is 0.261 e. The fourth-order valence-electron chi connectivity index (χ4n) is 10.4. The van der Waals surface area contributed by atoms with Crippen LogP contribution in [0.1, 0.15) is 49.0 Å². The molecule has 104 heavy (non-hydrogen) atoms. The van der Waals surface area contributed by atoms with E-state index in [-0.39, 0.29) is 69.6 Å². The van der Waals surface area contributed by atoms with Crippen molar-refractivity contribution in [3.05, 3.63) is 194 Å². The number of ether oxygens (including phenoxy) is 4. The molecule has 8 aromatic carbocycles. The standard InChI is InChI=1S/C24H30N2O5S2Si.C23H26ClNO5S2Si.2C8H12N2O5S2.CH5N.CH4/c1-24(2,3)34(20-12-8-6-9-13-20,21-14-10-7-11-15-21)26-33(29,30)23-17-16-19(18-22(23)31-5)32(27,28)25-4;1-23(2,3)33(19-11-7-5-8-12-19,20-13-9-6-10-14-20)25-32(28,29)22-16-15-18(31(24,26)27)17-21(22)30-4;2*1-10-17(13,14)6-3-4-8(16(9,11)12)7(5-6)15-2;1-2;/h6-18,25-26H,1-5H3;5-17,25H,1-4H3;2*3-5,10H,1-2H3,(H2,9,11,12);2H2,1H3;1H4. The summed E-state index contributed by atoms with van der Waals surface area (Å²) in [5.74, 6) is -0.406. The van der Waals surface area contributed by atoms with Gasteiger partial charge in [-0.05, 0) is 108 Å². The van der Waals surface area contributed by atoms with Crippen molar-refractivity contribution in [2.45, 2.75) is 98.2 Å². The van der Waals surface area contributed by atoms with Gasteiger partial charge in [0.2, 0.25) is 86.6 Å². The molecule has 28 nitrogen and oxygen atoms in total. The number of sulfonamides is 7. The largest absolute Gasteiger partial charge is 0.495 e.